The Labute approximate surface area is 174 Å². The van der Waals surface area contributed by atoms with Gasteiger partial charge in [0.25, 0.3) is 5.91 Å². The molecule has 0 N–H and O–H groups in total. The summed E-state index contributed by atoms with van der Waals surface area (Å²) in [6.45, 7) is 5.89. The fourth-order valence-corrected chi connectivity index (χ4v) is 4.73. The Morgan fingerprint density at radius 1 is 1.14 bits per heavy atom. The van der Waals surface area contributed by atoms with E-state index in [9.17, 15) is 4.79 Å². The van der Waals surface area contributed by atoms with Crippen LogP contribution in [0.15, 0.2) is 41.8 Å². The van der Waals surface area contributed by atoms with Gasteiger partial charge in [0.2, 0.25) is 0 Å². The maximum Gasteiger partial charge on any atom is 0.256 e. The van der Waals surface area contributed by atoms with Crippen LogP contribution in [0.3, 0.4) is 0 Å². The van der Waals surface area contributed by atoms with Crippen LogP contribution in [-0.2, 0) is 6.54 Å². The van der Waals surface area contributed by atoms with Gasteiger partial charge in [-0.05, 0) is 56.3 Å². The van der Waals surface area contributed by atoms with Gasteiger partial charge >= 0.3 is 0 Å². The van der Waals surface area contributed by atoms with Gasteiger partial charge in [-0.2, -0.15) is 0 Å². The molecule has 5 rings (SSSR count). The summed E-state index contributed by atoms with van der Waals surface area (Å²) < 4.78 is 13.5. The molecule has 2 aliphatic rings. The van der Waals surface area contributed by atoms with Gasteiger partial charge in [0.1, 0.15) is 13.2 Å². The standard InChI is InChI=1S/C23H24N2O3S/c1-15-12-20(23(26)24(17-5-6-17)14-19-4-3-11-29-19)16(2)25(15)18-7-8-21-22(13-18)28-10-9-27-21/h3-4,7-8,11-13,17H,5-6,9-10,14H2,1-2H3. The van der Waals surface area contributed by atoms with Gasteiger partial charge in [-0.1, -0.05) is 6.07 Å². The summed E-state index contributed by atoms with van der Waals surface area (Å²) in [4.78, 5) is 16.7. The Morgan fingerprint density at radius 2 is 1.93 bits per heavy atom. The van der Waals surface area contributed by atoms with Crippen LogP contribution in [0.2, 0.25) is 0 Å². The highest BCUT2D eigenvalue weighted by atomic mass is 32.1. The van der Waals surface area contributed by atoms with Crippen LogP contribution in [0.4, 0.5) is 0 Å². The molecule has 3 heterocycles. The molecule has 1 aromatic carbocycles. The van der Waals surface area contributed by atoms with Crippen molar-refractivity contribution in [1.82, 2.24) is 9.47 Å². The van der Waals surface area contributed by atoms with Gasteiger partial charge in [-0.3, -0.25) is 4.79 Å². The minimum atomic E-state index is 0.123. The highest BCUT2D eigenvalue weighted by Crippen LogP contribution is 2.35. The van der Waals surface area contributed by atoms with Crippen LogP contribution in [0.5, 0.6) is 11.5 Å². The zero-order valence-corrected chi connectivity index (χ0v) is 17.5. The van der Waals surface area contributed by atoms with Crippen molar-refractivity contribution in [2.75, 3.05) is 13.2 Å². The Bertz CT molecular complexity index is 1050. The molecule has 5 nitrogen and oxygen atoms in total. The van der Waals surface area contributed by atoms with E-state index in [0.717, 1.165) is 47.0 Å². The van der Waals surface area contributed by atoms with E-state index in [1.54, 1.807) is 11.3 Å². The van der Waals surface area contributed by atoms with Crippen molar-refractivity contribution in [3.63, 3.8) is 0 Å². The van der Waals surface area contributed by atoms with Gasteiger partial charge in [-0.25, -0.2) is 0 Å². The second kappa shape index (κ2) is 7.26. The number of ether oxygens (including phenoxy) is 2. The minimum absolute atomic E-state index is 0.123. The molecule has 0 radical (unpaired) electrons. The predicted molar refractivity (Wildman–Crippen MR) is 113 cm³/mol. The highest BCUT2D eigenvalue weighted by Gasteiger charge is 2.34. The maximum absolute atomic E-state index is 13.5. The molecule has 3 aromatic rings. The molecule has 0 saturated heterocycles. The number of thiophene rings is 1. The monoisotopic (exact) mass is 408 g/mol. The highest BCUT2D eigenvalue weighted by molar-refractivity contribution is 7.09. The fourth-order valence-electron chi connectivity index (χ4n) is 4.03. The third kappa shape index (κ3) is 3.42. The van der Waals surface area contributed by atoms with Crippen LogP contribution in [0.25, 0.3) is 5.69 Å². The number of nitrogens with zero attached hydrogens (tertiary/aromatic N) is 2. The van der Waals surface area contributed by atoms with Crippen LogP contribution in [-0.4, -0.2) is 34.6 Å². The Morgan fingerprint density at radius 3 is 2.66 bits per heavy atom. The average Bonchev–Trinajstić information content (AvgIpc) is 3.35. The summed E-state index contributed by atoms with van der Waals surface area (Å²) in [5.74, 6) is 1.65. The van der Waals surface area contributed by atoms with Crippen molar-refractivity contribution in [1.29, 1.82) is 0 Å². The molecule has 0 bridgehead atoms. The van der Waals surface area contributed by atoms with Crippen LogP contribution in [0.1, 0.15) is 39.5 Å². The summed E-state index contributed by atoms with van der Waals surface area (Å²) in [6, 6.07) is 12.5. The largest absolute Gasteiger partial charge is 0.486 e. The predicted octanol–water partition coefficient (Wildman–Crippen LogP) is 4.73. The van der Waals surface area contributed by atoms with Gasteiger partial charge in [0.15, 0.2) is 11.5 Å². The lowest BCUT2D eigenvalue weighted by atomic mass is 10.2. The molecule has 2 aromatic heterocycles. The normalized spacial score (nSPS) is 15.4. The van der Waals surface area contributed by atoms with Crippen molar-refractivity contribution < 1.29 is 14.3 Å². The van der Waals surface area contributed by atoms with Gasteiger partial charge in [0, 0.05) is 34.1 Å². The first-order valence-electron chi connectivity index (χ1n) is 10.0. The molecule has 1 fully saturated rings. The van der Waals surface area contributed by atoms with Crippen LogP contribution in [0, 0.1) is 13.8 Å². The first-order valence-corrected chi connectivity index (χ1v) is 10.9. The first kappa shape index (κ1) is 18.3. The number of amides is 1. The lowest BCUT2D eigenvalue weighted by Crippen LogP contribution is -2.32. The number of carbonyl (C=O) groups is 1. The van der Waals surface area contributed by atoms with E-state index in [4.69, 9.17) is 9.47 Å². The zero-order chi connectivity index (χ0) is 20.0. The summed E-state index contributed by atoms with van der Waals surface area (Å²) in [5.41, 5.74) is 3.76. The second-order valence-corrected chi connectivity index (χ2v) is 8.72. The van der Waals surface area contributed by atoms with E-state index in [1.807, 2.05) is 49.1 Å². The van der Waals surface area contributed by atoms with Crippen molar-refractivity contribution in [2.45, 2.75) is 39.3 Å². The number of aryl methyl sites for hydroxylation is 1. The molecule has 1 amide bonds. The topological polar surface area (TPSA) is 43.7 Å². The molecule has 0 spiro atoms. The fraction of sp³-hybridized carbons (Fsp3) is 0.348. The van der Waals surface area contributed by atoms with Gasteiger partial charge < -0.3 is 18.9 Å². The molecule has 0 atom stereocenters. The van der Waals surface area contributed by atoms with E-state index in [2.05, 4.69) is 16.0 Å². The molecule has 29 heavy (non-hydrogen) atoms. The summed E-state index contributed by atoms with van der Waals surface area (Å²) >= 11 is 1.71. The molecule has 1 aliphatic heterocycles. The van der Waals surface area contributed by atoms with E-state index < -0.39 is 0 Å². The van der Waals surface area contributed by atoms with Crippen LogP contribution >= 0.6 is 11.3 Å². The van der Waals surface area contributed by atoms with Gasteiger partial charge in [-0.15, -0.1) is 11.3 Å². The molecule has 150 valence electrons. The number of carbonyl (C=O) groups excluding carboxylic acids is 1. The maximum atomic E-state index is 13.5. The summed E-state index contributed by atoms with van der Waals surface area (Å²) in [5, 5.41) is 2.07. The minimum Gasteiger partial charge on any atom is -0.486 e. The third-order valence-corrected chi connectivity index (χ3v) is 6.46. The van der Waals surface area contributed by atoms with Crippen molar-refractivity contribution >= 4 is 17.2 Å². The molecule has 0 unspecified atom stereocenters. The SMILES string of the molecule is Cc1cc(C(=O)N(Cc2cccs2)C2CC2)c(C)n1-c1ccc2c(c1)OCCO2. The number of aromatic nitrogens is 1. The first-order chi connectivity index (χ1) is 14.1. The number of benzene rings is 1. The molecular weight excluding hydrogens is 384 g/mol. The molecule has 6 heteroatoms. The Hall–Kier alpha value is -2.73. The Balaban J connectivity index is 1.48. The molecule has 1 aliphatic carbocycles. The van der Waals surface area contributed by atoms with E-state index >= 15 is 0 Å². The average molecular weight is 409 g/mol. The second-order valence-electron chi connectivity index (χ2n) is 7.69. The van der Waals surface area contributed by atoms with Crippen LogP contribution < -0.4 is 9.47 Å². The van der Waals surface area contributed by atoms with E-state index in [0.29, 0.717) is 25.8 Å². The summed E-state index contributed by atoms with van der Waals surface area (Å²) in [7, 11) is 0. The summed E-state index contributed by atoms with van der Waals surface area (Å²) in [6.07, 6.45) is 2.19. The number of rotatable bonds is 5. The van der Waals surface area contributed by atoms with E-state index in [-0.39, 0.29) is 5.91 Å². The zero-order valence-electron chi connectivity index (χ0n) is 16.7. The number of hydrogen-bond acceptors (Lipinski definition) is 4. The van der Waals surface area contributed by atoms with Crippen molar-refractivity contribution in [2.24, 2.45) is 0 Å². The lowest BCUT2D eigenvalue weighted by Gasteiger charge is -2.22. The van der Waals surface area contributed by atoms with Crippen molar-refractivity contribution in [3.05, 3.63) is 63.6 Å². The smallest absolute Gasteiger partial charge is 0.256 e. The van der Waals surface area contributed by atoms with Gasteiger partial charge in [0.05, 0.1) is 12.1 Å². The Kier molecular flexibility index (Phi) is 4.59. The van der Waals surface area contributed by atoms with Crippen molar-refractivity contribution in [3.8, 4) is 17.2 Å². The molecule has 1 saturated carbocycles. The molecular formula is C23H24N2O3S. The quantitative estimate of drug-likeness (QED) is 0.613. The van der Waals surface area contributed by atoms with E-state index in [1.165, 1.54) is 4.88 Å². The lowest BCUT2D eigenvalue weighted by molar-refractivity contribution is 0.0731. The third-order valence-electron chi connectivity index (χ3n) is 5.60. The number of hydrogen-bond donors (Lipinski definition) is 0. The number of fused-ring (bicyclic) bond motifs is 1.